The summed E-state index contributed by atoms with van der Waals surface area (Å²) in [5.74, 6) is 0.803. The zero-order valence-electron chi connectivity index (χ0n) is 11.4. The molecule has 0 amide bonds. The first-order chi connectivity index (χ1) is 9.26. The van der Waals surface area contributed by atoms with Gasteiger partial charge in [-0.25, -0.2) is 4.98 Å². The molecule has 0 spiro atoms. The van der Waals surface area contributed by atoms with E-state index in [2.05, 4.69) is 23.7 Å². The van der Waals surface area contributed by atoms with Crippen LogP contribution in [-0.2, 0) is 6.61 Å². The smallest absolute Gasteiger partial charge is 0.195 e. The van der Waals surface area contributed by atoms with Gasteiger partial charge in [0.05, 0.1) is 18.9 Å². The summed E-state index contributed by atoms with van der Waals surface area (Å²) in [7, 11) is 0. The van der Waals surface area contributed by atoms with Crippen LogP contribution in [0.25, 0.3) is 4.96 Å². The van der Waals surface area contributed by atoms with Crippen LogP contribution < -0.4 is 4.90 Å². The number of imidazole rings is 1. The van der Waals surface area contributed by atoms with E-state index < -0.39 is 0 Å². The second kappa shape index (κ2) is 6.36. The van der Waals surface area contributed by atoms with Crippen LogP contribution in [0.5, 0.6) is 0 Å². The first-order valence-electron chi connectivity index (χ1n) is 6.69. The molecule has 0 bridgehead atoms. The number of aliphatic hydroxyl groups excluding tert-OH is 2. The fourth-order valence-electron chi connectivity index (χ4n) is 2.50. The maximum Gasteiger partial charge on any atom is 0.195 e. The zero-order valence-corrected chi connectivity index (χ0v) is 12.2. The van der Waals surface area contributed by atoms with Gasteiger partial charge in [-0.2, -0.15) is 0 Å². The van der Waals surface area contributed by atoms with E-state index in [0.717, 1.165) is 29.3 Å². The Morgan fingerprint density at radius 1 is 1.37 bits per heavy atom. The van der Waals surface area contributed by atoms with E-state index in [9.17, 15) is 10.2 Å². The highest BCUT2D eigenvalue weighted by atomic mass is 32.1. The summed E-state index contributed by atoms with van der Waals surface area (Å²) in [6.45, 7) is 4.86. The second-order valence-corrected chi connectivity index (χ2v) is 5.36. The summed E-state index contributed by atoms with van der Waals surface area (Å²) in [6.07, 6.45) is 3.91. The van der Waals surface area contributed by atoms with Gasteiger partial charge in [0, 0.05) is 24.2 Å². The molecule has 19 heavy (non-hydrogen) atoms. The predicted octanol–water partition coefficient (Wildman–Crippen LogP) is 1.88. The van der Waals surface area contributed by atoms with Gasteiger partial charge in [0.25, 0.3) is 0 Å². The normalized spacial score (nSPS) is 11.6. The second-order valence-electron chi connectivity index (χ2n) is 4.48. The molecule has 0 saturated heterocycles. The van der Waals surface area contributed by atoms with Gasteiger partial charge in [0.2, 0.25) is 0 Å². The van der Waals surface area contributed by atoms with Crippen LogP contribution >= 0.6 is 11.3 Å². The lowest BCUT2D eigenvalue weighted by Gasteiger charge is -2.30. The molecule has 5 nitrogen and oxygen atoms in total. The predicted molar refractivity (Wildman–Crippen MR) is 77.8 cm³/mol. The van der Waals surface area contributed by atoms with Gasteiger partial charge < -0.3 is 15.1 Å². The van der Waals surface area contributed by atoms with E-state index in [1.807, 2.05) is 16.0 Å². The number of aromatic nitrogens is 2. The Balaban J connectivity index is 2.45. The highest BCUT2D eigenvalue weighted by molar-refractivity contribution is 7.15. The molecule has 0 aliphatic carbocycles. The molecule has 2 heterocycles. The number of thiazole rings is 1. The van der Waals surface area contributed by atoms with Crippen molar-refractivity contribution in [2.75, 3.05) is 18.1 Å². The van der Waals surface area contributed by atoms with Gasteiger partial charge in [0.1, 0.15) is 0 Å². The van der Waals surface area contributed by atoms with Crippen LogP contribution in [0.3, 0.4) is 0 Å². The molecule has 106 valence electrons. The fourth-order valence-corrected chi connectivity index (χ4v) is 3.22. The fraction of sp³-hybridized carbons (Fsp3) is 0.615. The number of fused-ring (bicyclic) bond motifs is 1. The summed E-state index contributed by atoms with van der Waals surface area (Å²) in [5, 5.41) is 20.9. The van der Waals surface area contributed by atoms with Crippen molar-refractivity contribution in [3.05, 3.63) is 17.3 Å². The van der Waals surface area contributed by atoms with Crippen LogP contribution in [0.15, 0.2) is 11.6 Å². The minimum atomic E-state index is -0.0463. The maximum absolute atomic E-state index is 9.62. The van der Waals surface area contributed by atoms with E-state index in [-0.39, 0.29) is 13.2 Å². The lowest BCUT2D eigenvalue weighted by atomic mass is 10.1. The molecule has 2 N–H and O–H groups in total. The largest absolute Gasteiger partial charge is 0.395 e. The summed E-state index contributed by atoms with van der Waals surface area (Å²) >= 11 is 1.55. The summed E-state index contributed by atoms with van der Waals surface area (Å²) in [4.78, 5) is 7.61. The summed E-state index contributed by atoms with van der Waals surface area (Å²) < 4.78 is 1.92. The van der Waals surface area contributed by atoms with Gasteiger partial charge in [-0.05, 0) is 12.8 Å². The average molecular weight is 283 g/mol. The number of hydrogen-bond acceptors (Lipinski definition) is 5. The van der Waals surface area contributed by atoms with Crippen LogP contribution in [0.2, 0.25) is 0 Å². The van der Waals surface area contributed by atoms with Gasteiger partial charge in [-0.1, -0.05) is 13.8 Å². The first-order valence-corrected chi connectivity index (χ1v) is 7.57. The molecule has 2 rings (SSSR count). The molecule has 0 fully saturated rings. The Labute approximate surface area is 117 Å². The van der Waals surface area contributed by atoms with Crippen molar-refractivity contribution in [3.8, 4) is 0 Å². The maximum atomic E-state index is 9.62. The van der Waals surface area contributed by atoms with Crippen LogP contribution in [0.1, 0.15) is 32.4 Å². The van der Waals surface area contributed by atoms with E-state index in [1.165, 1.54) is 0 Å². The van der Waals surface area contributed by atoms with Crippen LogP contribution in [0.4, 0.5) is 5.82 Å². The monoisotopic (exact) mass is 283 g/mol. The Bertz CT molecular complexity index is 519. The molecule has 6 heteroatoms. The van der Waals surface area contributed by atoms with Gasteiger partial charge in [0.15, 0.2) is 10.8 Å². The molecular formula is C13H21N3O2S. The Kier molecular flexibility index (Phi) is 4.79. The molecule has 2 aromatic rings. The number of anilines is 1. The third kappa shape index (κ3) is 2.61. The molecule has 0 radical (unpaired) electrons. The highest BCUT2D eigenvalue weighted by Crippen LogP contribution is 2.27. The number of aliphatic hydroxyl groups is 2. The third-order valence-electron chi connectivity index (χ3n) is 3.49. The van der Waals surface area contributed by atoms with Crippen molar-refractivity contribution in [2.45, 2.75) is 39.3 Å². The van der Waals surface area contributed by atoms with E-state index >= 15 is 0 Å². The van der Waals surface area contributed by atoms with Crippen molar-refractivity contribution < 1.29 is 10.2 Å². The minimum Gasteiger partial charge on any atom is -0.395 e. The quantitative estimate of drug-likeness (QED) is 0.814. The zero-order chi connectivity index (χ0) is 13.8. The summed E-state index contributed by atoms with van der Waals surface area (Å²) in [5.41, 5.74) is 0.802. The number of hydrogen-bond donors (Lipinski definition) is 2. The van der Waals surface area contributed by atoms with Crippen molar-refractivity contribution >= 4 is 22.1 Å². The Morgan fingerprint density at radius 3 is 2.68 bits per heavy atom. The van der Waals surface area contributed by atoms with Crippen LogP contribution in [-0.4, -0.2) is 38.8 Å². The van der Waals surface area contributed by atoms with Crippen LogP contribution in [0, 0.1) is 0 Å². The van der Waals surface area contributed by atoms with Gasteiger partial charge in [-0.3, -0.25) is 4.40 Å². The van der Waals surface area contributed by atoms with Crippen molar-refractivity contribution in [2.24, 2.45) is 0 Å². The molecular weight excluding hydrogens is 262 g/mol. The highest BCUT2D eigenvalue weighted by Gasteiger charge is 2.22. The van der Waals surface area contributed by atoms with Crippen molar-refractivity contribution in [1.82, 2.24) is 9.38 Å². The molecule has 0 atom stereocenters. The lowest BCUT2D eigenvalue weighted by Crippen LogP contribution is -2.37. The molecule has 0 unspecified atom stereocenters. The molecule has 0 aliphatic rings. The number of rotatable bonds is 7. The van der Waals surface area contributed by atoms with Gasteiger partial charge >= 0.3 is 0 Å². The Morgan fingerprint density at radius 2 is 2.11 bits per heavy atom. The Hall–Kier alpha value is -1.11. The van der Waals surface area contributed by atoms with Gasteiger partial charge in [-0.15, -0.1) is 11.3 Å². The molecule has 0 aliphatic heterocycles. The minimum absolute atomic E-state index is 0.0463. The first kappa shape index (κ1) is 14.3. The molecule has 0 saturated carbocycles. The van der Waals surface area contributed by atoms with Crippen molar-refractivity contribution in [3.63, 3.8) is 0 Å². The van der Waals surface area contributed by atoms with Crippen molar-refractivity contribution in [1.29, 1.82) is 0 Å². The molecule has 0 aromatic carbocycles. The number of nitrogens with zero attached hydrogens (tertiary/aromatic N) is 3. The van der Waals surface area contributed by atoms with E-state index in [4.69, 9.17) is 0 Å². The standard InChI is InChI=1S/C13H21N3O2S/c1-3-10(4-2)15(5-7-17)12-11(9-18)16-6-8-19-13(16)14-12/h6,8,10,17-18H,3-5,7,9H2,1-2H3. The average Bonchev–Trinajstić information content (AvgIpc) is 2.98. The van der Waals surface area contributed by atoms with E-state index in [1.54, 1.807) is 11.3 Å². The lowest BCUT2D eigenvalue weighted by molar-refractivity contribution is 0.273. The van der Waals surface area contributed by atoms with E-state index in [0.29, 0.717) is 12.6 Å². The third-order valence-corrected chi connectivity index (χ3v) is 4.24. The summed E-state index contributed by atoms with van der Waals surface area (Å²) in [6, 6.07) is 0.335. The topological polar surface area (TPSA) is 61.0 Å². The SMILES string of the molecule is CCC(CC)N(CCO)c1nc2sccn2c1CO. The molecule has 2 aromatic heterocycles.